The molecule has 2 heterocycles. The minimum Gasteiger partial charge on any atom is -0.494 e. The molecule has 3 aromatic rings. The van der Waals surface area contributed by atoms with Crippen molar-refractivity contribution in [3.63, 3.8) is 0 Å². The minimum atomic E-state index is -0.327. The van der Waals surface area contributed by atoms with Crippen LogP contribution in [-0.4, -0.2) is 18.6 Å². The Labute approximate surface area is 140 Å². The second kappa shape index (κ2) is 5.64. The number of ether oxygens (including phenoxy) is 1. The number of rotatable bonds is 2. The summed E-state index contributed by atoms with van der Waals surface area (Å²) in [7, 11) is 1.48. The number of halogens is 1. The van der Waals surface area contributed by atoms with Gasteiger partial charge in [-0.1, -0.05) is 12.1 Å². The van der Waals surface area contributed by atoms with E-state index in [2.05, 4.69) is 36.3 Å². The first-order valence-electron chi connectivity index (χ1n) is 8.27. The number of nitrogens with one attached hydrogen (secondary N) is 2. The Morgan fingerprint density at radius 3 is 2.75 bits per heavy atom. The van der Waals surface area contributed by atoms with Gasteiger partial charge in [0.25, 0.3) is 0 Å². The van der Waals surface area contributed by atoms with Crippen LogP contribution >= 0.6 is 0 Å². The molecule has 4 heteroatoms. The van der Waals surface area contributed by atoms with E-state index in [1.807, 2.05) is 6.07 Å². The summed E-state index contributed by atoms with van der Waals surface area (Å²) in [5.74, 6) is -0.0510. The zero-order valence-corrected chi connectivity index (χ0v) is 14.2. The number of aromatic nitrogens is 1. The maximum Gasteiger partial charge on any atom is 0.165 e. The summed E-state index contributed by atoms with van der Waals surface area (Å²) in [6.45, 7) is 5.15. The Morgan fingerprint density at radius 2 is 2.00 bits per heavy atom. The molecule has 0 bridgehead atoms. The summed E-state index contributed by atoms with van der Waals surface area (Å²) in [5, 5.41) is 4.83. The molecule has 3 nitrogen and oxygen atoms in total. The number of hydrogen-bond donors (Lipinski definition) is 2. The maximum absolute atomic E-state index is 14.1. The molecule has 0 saturated heterocycles. The van der Waals surface area contributed by atoms with Gasteiger partial charge in [0.1, 0.15) is 0 Å². The molecule has 0 spiro atoms. The lowest BCUT2D eigenvalue weighted by molar-refractivity contribution is 0.385. The first-order valence-corrected chi connectivity index (χ1v) is 8.27. The van der Waals surface area contributed by atoms with E-state index in [9.17, 15) is 4.39 Å². The lowest BCUT2D eigenvalue weighted by atomic mass is 9.93. The van der Waals surface area contributed by atoms with E-state index in [0.29, 0.717) is 0 Å². The van der Waals surface area contributed by atoms with Gasteiger partial charge in [-0.15, -0.1) is 0 Å². The molecular formula is C20H21FN2O. The van der Waals surface area contributed by atoms with Crippen molar-refractivity contribution in [2.24, 2.45) is 0 Å². The Balaban J connectivity index is 1.87. The van der Waals surface area contributed by atoms with E-state index in [-0.39, 0.29) is 17.6 Å². The smallest absolute Gasteiger partial charge is 0.165 e. The lowest BCUT2D eigenvalue weighted by Crippen LogP contribution is -2.30. The Kier molecular flexibility index (Phi) is 3.57. The summed E-state index contributed by atoms with van der Waals surface area (Å²) in [4.78, 5) is 3.58. The van der Waals surface area contributed by atoms with Gasteiger partial charge in [-0.25, -0.2) is 4.39 Å². The van der Waals surface area contributed by atoms with Crippen molar-refractivity contribution in [2.45, 2.75) is 26.3 Å². The second-order valence-corrected chi connectivity index (χ2v) is 6.55. The van der Waals surface area contributed by atoms with Gasteiger partial charge in [0, 0.05) is 23.1 Å². The largest absolute Gasteiger partial charge is 0.494 e. The van der Waals surface area contributed by atoms with Crippen LogP contribution < -0.4 is 10.1 Å². The molecule has 124 valence electrons. The van der Waals surface area contributed by atoms with Crippen molar-refractivity contribution in [1.29, 1.82) is 0 Å². The van der Waals surface area contributed by atoms with Gasteiger partial charge in [-0.3, -0.25) is 0 Å². The zero-order chi connectivity index (χ0) is 16.8. The topological polar surface area (TPSA) is 37.0 Å². The van der Waals surface area contributed by atoms with Crippen LogP contribution in [0.2, 0.25) is 0 Å². The van der Waals surface area contributed by atoms with Gasteiger partial charge < -0.3 is 15.0 Å². The van der Waals surface area contributed by atoms with E-state index in [4.69, 9.17) is 4.74 Å². The highest BCUT2D eigenvalue weighted by Gasteiger charge is 2.26. The molecule has 4 rings (SSSR count). The molecule has 1 atom stereocenters. The molecule has 1 unspecified atom stereocenters. The molecule has 0 aliphatic carbocycles. The molecule has 1 aliphatic heterocycles. The molecule has 24 heavy (non-hydrogen) atoms. The van der Waals surface area contributed by atoms with E-state index < -0.39 is 0 Å². The predicted octanol–water partition coefficient (Wildman–Crippen LogP) is 4.17. The number of hydrogen-bond acceptors (Lipinski definition) is 2. The fourth-order valence-electron chi connectivity index (χ4n) is 3.92. The lowest BCUT2D eigenvalue weighted by Gasteiger charge is -2.25. The molecule has 0 radical (unpaired) electrons. The first-order chi connectivity index (χ1) is 11.6. The molecule has 1 aromatic heterocycles. The van der Waals surface area contributed by atoms with E-state index in [1.165, 1.54) is 34.7 Å². The highest BCUT2D eigenvalue weighted by molar-refractivity contribution is 5.89. The quantitative estimate of drug-likeness (QED) is 0.742. The van der Waals surface area contributed by atoms with Crippen LogP contribution in [0.1, 0.15) is 34.0 Å². The second-order valence-electron chi connectivity index (χ2n) is 6.55. The average Bonchev–Trinajstić information content (AvgIpc) is 2.92. The summed E-state index contributed by atoms with van der Waals surface area (Å²) in [6, 6.07) is 9.57. The van der Waals surface area contributed by atoms with Crippen LogP contribution in [0.5, 0.6) is 5.75 Å². The third kappa shape index (κ3) is 2.29. The molecule has 0 amide bonds. The summed E-state index contributed by atoms with van der Waals surface area (Å²) < 4.78 is 19.2. The average molecular weight is 324 g/mol. The Morgan fingerprint density at radius 1 is 1.17 bits per heavy atom. The van der Waals surface area contributed by atoms with Gasteiger partial charge >= 0.3 is 0 Å². The Bertz CT molecular complexity index is 929. The van der Waals surface area contributed by atoms with Crippen LogP contribution in [0.25, 0.3) is 10.9 Å². The highest BCUT2D eigenvalue weighted by atomic mass is 19.1. The standard InChI is InChI=1S/C20H21FN2O/c1-11-8-12(2)18-14-6-7-22-19(20(14)23-16(18)9-11)13-4-5-17(24-3)15(21)10-13/h4-5,8-10,19,22-23H,6-7H2,1-3H3. The third-order valence-corrected chi connectivity index (χ3v) is 4.90. The number of H-pyrrole nitrogens is 1. The molecule has 0 fully saturated rings. The van der Waals surface area contributed by atoms with Gasteiger partial charge in [-0.05, 0) is 60.7 Å². The van der Waals surface area contributed by atoms with Crippen molar-refractivity contribution in [3.8, 4) is 5.75 Å². The molecular weight excluding hydrogens is 303 g/mol. The number of methoxy groups -OCH3 is 1. The molecule has 0 saturated carbocycles. The fourth-order valence-corrected chi connectivity index (χ4v) is 3.92. The van der Waals surface area contributed by atoms with Gasteiger partial charge in [-0.2, -0.15) is 0 Å². The summed E-state index contributed by atoms with van der Waals surface area (Å²) in [6.07, 6.45) is 0.981. The van der Waals surface area contributed by atoms with Crippen LogP contribution in [0.4, 0.5) is 4.39 Å². The minimum absolute atomic E-state index is 0.0266. The van der Waals surface area contributed by atoms with Crippen LogP contribution in [-0.2, 0) is 6.42 Å². The van der Waals surface area contributed by atoms with Crippen molar-refractivity contribution >= 4 is 10.9 Å². The molecule has 1 aliphatic rings. The van der Waals surface area contributed by atoms with Crippen molar-refractivity contribution in [1.82, 2.24) is 10.3 Å². The van der Waals surface area contributed by atoms with Crippen LogP contribution in [0.15, 0.2) is 30.3 Å². The molecule has 2 aromatic carbocycles. The SMILES string of the molecule is COc1ccc(C2NCCc3c2[nH]c2cc(C)cc(C)c32)cc1F. The number of aryl methyl sites for hydroxylation is 2. The van der Waals surface area contributed by atoms with Gasteiger partial charge in [0.05, 0.1) is 13.2 Å². The molecule has 2 N–H and O–H groups in total. The number of benzene rings is 2. The number of fused-ring (bicyclic) bond motifs is 3. The van der Waals surface area contributed by atoms with Crippen LogP contribution in [0.3, 0.4) is 0 Å². The monoisotopic (exact) mass is 324 g/mol. The maximum atomic E-state index is 14.1. The summed E-state index contributed by atoms with van der Waals surface area (Å²) >= 11 is 0. The van der Waals surface area contributed by atoms with Crippen molar-refractivity contribution < 1.29 is 9.13 Å². The predicted molar refractivity (Wildman–Crippen MR) is 94.3 cm³/mol. The van der Waals surface area contributed by atoms with Crippen LogP contribution in [0, 0.1) is 19.7 Å². The van der Waals surface area contributed by atoms with E-state index in [1.54, 1.807) is 12.1 Å². The van der Waals surface area contributed by atoms with Gasteiger partial charge in [0.2, 0.25) is 0 Å². The van der Waals surface area contributed by atoms with E-state index in [0.717, 1.165) is 24.2 Å². The highest BCUT2D eigenvalue weighted by Crippen LogP contribution is 2.36. The summed E-state index contributed by atoms with van der Waals surface area (Å²) in [5.41, 5.74) is 7.12. The zero-order valence-electron chi connectivity index (χ0n) is 14.2. The Hall–Kier alpha value is -2.33. The van der Waals surface area contributed by atoms with Crippen molar-refractivity contribution in [2.75, 3.05) is 13.7 Å². The van der Waals surface area contributed by atoms with E-state index >= 15 is 0 Å². The fraction of sp³-hybridized carbons (Fsp3) is 0.300. The van der Waals surface area contributed by atoms with Gasteiger partial charge in [0.15, 0.2) is 11.6 Å². The normalized spacial score (nSPS) is 17.1. The third-order valence-electron chi connectivity index (χ3n) is 4.90. The van der Waals surface area contributed by atoms with Crippen molar-refractivity contribution in [3.05, 3.63) is 64.1 Å². The first kappa shape index (κ1) is 15.2. The number of aromatic amines is 1.